The molecule has 0 spiro atoms. The maximum Gasteiger partial charge on any atom is 0.256 e. The van der Waals surface area contributed by atoms with Crippen LogP contribution in [0.25, 0.3) is 0 Å². The van der Waals surface area contributed by atoms with Gasteiger partial charge in [-0.15, -0.1) is 0 Å². The van der Waals surface area contributed by atoms with E-state index < -0.39 is 0 Å². The molecule has 1 aliphatic rings. The summed E-state index contributed by atoms with van der Waals surface area (Å²) in [6.07, 6.45) is 2.60. The van der Waals surface area contributed by atoms with Gasteiger partial charge < -0.3 is 15.2 Å². The SMILES string of the molecule is CSc1nc2c(c(=O)[nH]1)CN(Cc1ccc(O)cc1O)CC2. The molecule has 0 saturated heterocycles. The van der Waals surface area contributed by atoms with Gasteiger partial charge in [0.1, 0.15) is 11.5 Å². The number of aromatic amines is 1. The van der Waals surface area contributed by atoms with E-state index in [-0.39, 0.29) is 17.1 Å². The van der Waals surface area contributed by atoms with Crippen LogP contribution in [0.15, 0.2) is 28.2 Å². The second-order valence-corrected chi connectivity index (χ2v) is 6.07. The second kappa shape index (κ2) is 6.02. The predicted octanol–water partition coefficient (Wildman–Crippen LogP) is 1.46. The van der Waals surface area contributed by atoms with Crippen LogP contribution in [0.5, 0.6) is 11.5 Å². The monoisotopic (exact) mass is 319 g/mol. The molecule has 0 bridgehead atoms. The van der Waals surface area contributed by atoms with E-state index in [1.54, 1.807) is 12.1 Å². The number of nitrogens with one attached hydrogen (secondary N) is 1. The Balaban J connectivity index is 1.81. The Morgan fingerprint density at radius 3 is 2.95 bits per heavy atom. The van der Waals surface area contributed by atoms with Gasteiger partial charge in [0.25, 0.3) is 5.56 Å². The summed E-state index contributed by atoms with van der Waals surface area (Å²) in [6, 6.07) is 4.57. The number of hydrogen-bond acceptors (Lipinski definition) is 6. The van der Waals surface area contributed by atoms with Crippen molar-refractivity contribution in [2.24, 2.45) is 0 Å². The minimum absolute atomic E-state index is 0.0375. The third kappa shape index (κ3) is 2.95. The minimum atomic E-state index is -0.0889. The number of fused-ring (bicyclic) bond motifs is 1. The molecular weight excluding hydrogens is 302 g/mol. The summed E-state index contributed by atoms with van der Waals surface area (Å²) >= 11 is 1.43. The Hall–Kier alpha value is -1.99. The molecule has 0 saturated carbocycles. The highest BCUT2D eigenvalue weighted by Crippen LogP contribution is 2.25. The highest BCUT2D eigenvalue weighted by atomic mass is 32.2. The molecule has 0 atom stereocenters. The molecule has 1 aromatic carbocycles. The summed E-state index contributed by atoms with van der Waals surface area (Å²) in [7, 11) is 0. The average molecular weight is 319 g/mol. The van der Waals surface area contributed by atoms with E-state index in [2.05, 4.69) is 14.9 Å². The Morgan fingerprint density at radius 1 is 1.41 bits per heavy atom. The lowest BCUT2D eigenvalue weighted by Crippen LogP contribution is -2.35. The van der Waals surface area contributed by atoms with Gasteiger partial charge in [-0.05, 0) is 12.3 Å². The van der Waals surface area contributed by atoms with Crippen LogP contribution in [0, 0.1) is 0 Å². The highest BCUT2D eigenvalue weighted by Gasteiger charge is 2.21. The van der Waals surface area contributed by atoms with Gasteiger partial charge in [-0.1, -0.05) is 17.8 Å². The second-order valence-electron chi connectivity index (χ2n) is 5.27. The van der Waals surface area contributed by atoms with E-state index in [0.29, 0.717) is 30.2 Å². The fourth-order valence-corrected chi connectivity index (χ4v) is 3.01. The number of phenolic OH excluding ortho intramolecular Hbond substituents is 2. The Morgan fingerprint density at radius 2 is 2.23 bits per heavy atom. The number of hydrogen-bond donors (Lipinski definition) is 3. The first-order chi connectivity index (χ1) is 10.6. The van der Waals surface area contributed by atoms with E-state index in [9.17, 15) is 15.0 Å². The van der Waals surface area contributed by atoms with Crippen molar-refractivity contribution in [2.45, 2.75) is 24.7 Å². The standard InChI is InChI=1S/C15H17N3O3S/c1-22-15-16-12-4-5-18(8-11(12)14(21)17-15)7-9-2-3-10(19)6-13(9)20/h2-3,6,19-20H,4-5,7-8H2,1H3,(H,16,17,21). The first-order valence-electron chi connectivity index (χ1n) is 6.96. The van der Waals surface area contributed by atoms with Crippen LogP contribution in [-0.4, -0.2) is 37.9 Å². The van der Waals surface area contributed by atoms with Crippen molar-refractivity contribution in [3.8, 4) is 11.5 Å². The van der Waals surface area contributed by atoms with Gasteiger partial charge in [0.15, 0.2) is 5.16 Å². The van der Waals surface area contributed by atoms with Crippen LogP contribution < -0.4 is 5.56 Å². The van der Waals surface area contributed by atoms with E-state index in [1.165, 1.54) is 17.8 Å². The van der Waals surface area contributed by atoms with Crippen molar-refractivity contribution in [3.63, 3.8) is 0 Å². The largest absolute Gasteiger partial charge is 0.508 e. The number of aromatic hydroxyl groups is 2. The van der Waals surface area contributed by atoms with Gasteiger partial charge in [-0.3, -0.25) is 9.69 Å². The molecule has 1 aliphatic heterocycles. The van der Waals surface area contributed by atoms with E-state index >= 15 is 0 Å². The zero-order valence-electron chi connectivity index (χ0n) is 12.2. The lowest BCUT2D eigenvalue weighted by molar-refractivity contribution is 0.237. The zero-order chi connectivity index (χ0) is 15.7. The number of aromatic nitrogens is 2. The van der Waals surface area contributed by atoms with Crippen LogP contribution in [0.1, 0.15) is 16.8 Å². The number of phenols is 2. The lowest BCUT2D eigenvalue weighted by atomic mass is 10.1. The fourth-order valence-electron chi connectivity index (χ4n) is 2.62. The molecule has 3 rings (SSSR count). The van der Waals surface area contributed by atoms with Crippen LogP contribution in [0.2, 0.25) is 0 Å². The molecular formula is C15H17N3O3S. The molecule has 1 aromatic heterocycles. The molecule has 0 amide bonds. The third-order valence-electron chi connectivity index (χ3n) is 3.78. The fraction of sp³-hybridized carbons (Fsp3) is 0.333. The third-order valence-corrected chi connectivity index (χ3v) is 4.36. The summed E-state index contributed by atoms with van der Waals surface area (Å²) in [4.78, 5) is 21.5. The molecule has 22 heavy (non-hydrogen) atoms. The highest BCUT2D eigenvalue weighted by molar-refractivity contribution is 7.98. The van der Waals surface area contributed by atoms with Gasteiger partial charge in [0, 0.05) is 37.7 Å². The molecule has 0 unspecified atom stereocenters. The Bertz CT molecular complexity index is 760. The van der Waals surface area contributed by atoms with Crippen LogP contribution in [-0.2, 0) is 19.5 Å². The molecule has 7 heteroatoms. The van der Waals surface area contributed by atoms with Gasteiger partial charge in [-0.2, -0.15) is 0 Å². The average Bonchev–Trinajstić information content (AvgIpc) is 2.50. The number of rotatable bonds is 3. The van der Waals surface area contributed by atoms with Gasteiger partial charge in [0.2, 0.25) is 0 Å². The molecule has 116 valence electrons. The number of thioether (sulfide) groups is 1. The molecule has 0 aliphatic carbocycles. The summed E-state index contributed by atoms with van der Waals surface area (Å²) in [5.41, 5.74) is 2.20. The Labute approximate surface area is 131 Å². The topological polar surface area (TPSA) is 89.5 Å². The van der Waals surface area contributed by atoms with Gasteiger partial charge in [-0.25, -0.2) is 4.98 Å². The smallest absolute Gasteiger partial charge is 0.256 e. The first-order valence-corrected chi connectivity index (χ1v) is 8.18. The molecule has 0 fully saturated rings. The molecule has 6 nitrogen and oxygen atoms in total. The summed E-state index contributed by atoms with van der Waals surface area (Å²) < 4.78 is 0. The Kier molecular flexibility index (Phi) is 4.08. The molecule has 2 aromatic rings. The van der Waals surface area contributed by atoms with Crippen molar-refractivity contribution >= 4 is 11.8 Å². The first kappa shape index (κ1) is 14.9. The lowest BCUT2D eigenvalue weighted by Gasteiger charge is -2.27. The normalized spacial score (nSPS) is 14.8. The van der Waals surface area contributed by atoms with Crippen LogP contribution in [0.3, 0.4) is 0 Å². The van der Waals surface area contributed by atoms with Crippen molar-refractivity contribution < 1.29 is 10.2 Å². The van der Waals surface area contributed by atoms with Crippen molar-refractivity contribution in [1.29, 1.82) is 0 Å². The summed E-state index contributed by atoms with van der Waals surface area (Å²) in [5, 5.41) is 19.8. The van der Waals surface area contributed by atoms with Crippen molar-refractivity contribution in [1.82, 2.24) is 14.9 Å². The van der Waals surface area contributed by atoms with Crippen LogP contribution in [0.4, 0.5) is 0 Å². The summed E-state index contributed by atoms with van der Waals surface area (Å²) in [6.45, 7) is 1.81. The number of benzene rings is 1. The quantitative estimate of drug-likeness (QED) is 0.586. The van der Waals surface area contributed by atoms with E-state index in [1.807, 2.05) is 6.26 Å². The molecule has 0 radical (unpaired) electrons. The molecule has 3 N–H and O–H groups in total. The predicted molar refractivity (Wildman–Crippen MR) is 84.2 cm³/mol. The van der Waals surface area contributed by atoms with Crippen molar-refractivity contribution in [3.05, 3.63) is 45.4 Å². The minimum Gasteiger partial charge on any atom is -0.508 e. The van der Waals surface area contributed by atoms with E-state index in [0.717, 1.165) is 17.8 Å². The van der Waals surface area contributed by atoms with Gasteiger partial charge in [0.05, 0.1) is 11.3 Å². The maximum absolute atomic E-state index is 12.1. The van der Waals surface area contributed by atoms with Crippen LogP contribution >= 0.6 is 11.8 Å². The molecule has 2 heterocycles. The number of H-pyrrole nitrogens is 1. The van der Waals surface area contributed by atoms with E-state index in [4.69, 9.17) is 0 Å². The zero-order valence-corrected chi connectivity index (χ0v) is 13.0. The van der Waals surface area contributed by atoms with Gasteiger partial charge >= 0.3 is 0 Å². The van der Waals surface area contributed by atoms with Crippen molar-refractivity contribution in [2.75, 3.05) is 12.8 Å². The maximum atomic E-state index is 12.1. The summed E-state index contributed by atoms with van der Waals surface area (Å²) in [5.74, 6) is 0.103. The number of nitrogens with zero attached hydrogens (tertiary/aromatic N) is 2.